The molecule has 1 aromatic carbocycles. The summed E-state index contributed by atoms with van der Waals surface area (Å²) < 4.78 is 0.853. The minimum Gasteiger partial charge on any atom is -0.329 e. The molecule has 0 radical (unpaired) electrons. The number of benzene rings is 1. The van der Waals surface area contributed by atoms with Gasteiger partial charge in [0.15, 0.2) is 0 Å². The minimum atomic E-state index is 0.0906. The third-order valence-electron chi connectivity index (χ3n) is 3.54. The summed E-state index contributed by atoms with van der Waals surface area (Å²) in [5.74, 6) is 0.0906. The molecule has 0 bridgehead atoms. The van der Waals surface area contributed by atoms with Gasteiger partial charge in [-0.2, -0.15) is 0 Å². The van der Waals surface area contributed by atoms with Crippen LogP contribution in [-0.2, 0) is 0 Å². The molecule has 1 saturated heterocycles. The maximum absolute atomic E-state index is 12.7. The fourth-order valence-electron chi connectivity index (χ4n) is 2.58. The predicted octanol–water partition coefficient (Wildman–Crippen LogP) is 4.19. The summed E-state index contributed by atoms with van der Waals surface area (Å²) in [6, 6.07) is 7.73. The van der Waals surface area contributed by atoms with Crippen LogP contribution < -0.4 is 0 Å². The van der Waals surface area contributed by atoms with Crippen molar-refractivity contribution < 1.29 is 4.79 Å². The highest BCUT2D eigenvalue weighted by molar-refractivity contribution is 9.10. The Balaban J connectivity index is 1.89. The van der Waals surface area contributed by atoms with Gasteiger partial charge in [0.1, 0.15) is 5.01 Å². The summed E-state index contributed by atoms with van der Waals surface area (Å²) in [6.45, 7) is 2.80. The van der Waals surface area contributed by atoms with E-state index in [9.17, 15) is 4.79 Å². The van der Waals surface area contributed by atoms with Gasteiger partial charge in [-0.15, -0.1) is 11.3 Å². The molecular weight excluding hydrogens is 336 g/mol. The van der Waals surface area contributed by atoms with Gasteiger partial charge in [-0.25, -0.2) is 4.98 Å². The van der Waals surface area contributed by atoms with Gasteiger partial charge in [-0.1, -0.05) is 12.1 Å². The molecule has 1 aliphatic heterocycles. The van der Waals surface area contributed by atoms with E-state index < -0.39 is 0 Å². The molecule has 0 saturated carbocycles. The smallest absolute Gasteiger partial charge is 0.255 e. The molecule has 3 nitrogen and oxygen atoms in total. The van der Waals surface area contributed by atoms with Crippen LogP contribution >= 0.6 is 27.3 Å². The van der Waals surface area contributed by atoms with E-state index in [1.807, 2.05) is 36.1 Å². The van der Waals surface area contributed by atoms with Gasteiger partial charge in [0.2, 0.25) is 0 Å². The summed E-state index contributed by atoms with van der Waals surface area (Å²) in [7, 11) is 0. The van der Waals surface area contributed by atoms with E-state index in [1.54, 1.807) is 11.3 Å². The third-order valence-corrected chi connectivity index (χ3v) is 5.30. The van der Waals surface area contributed by atoms with Crippen LogP contribution in [0.1, 0.15) is 39.9 Å². The van der Waals surface area contributed by atoms with Crippen molar-refractivity contribution >= 4 is 33.2 Å². The molecule has 0 spiro atoms. The highest BCUT2D eigenvalue weighted by Gasteiger charge is 2.32. The summed E-state index contributed by atoms with van der Waals surface area (Å²) in [5.41, 5.74) is 1.76. The van der Waals surface area contributed by atoms with Crippen LogP contribution in [0.3, 0.4) is 0 Å². The van der Waals surface area contributed by atoms with Gasteiger partial charge in [0, 0.05) is 22.1 Å². The molecule has 1 atom stereocenters. The second kappa shape index (κ2) is 5.66. The molecule has 0 unspecified atom stereocenters. The Kier molecular flexibility index (Phi) is 3.89. The topological polar surface area (TPSA) is 33.2 Å². The zero-order valence-electron chi connectivity index (χ0n) is 11.2. The number of hydrogen-bond donors (Lipinski definition) is 0. The molecule has 3 rings (SSSR count). The minimum absolute atomic E-state index is 0.0906. The molecule has 0 N–H and O–H groups in total. The monoisotopic (exact) mass is 350 g/mol. The molecule has 1 amide bonds. The molecule has 2 heterocycles. The zero-order chi connectivity index (χ0) is 14.1. The number of amides is 1. The van der Waals surface area contributed by atoms with Gasteiger partial charge >= 0.3 is 0 Å². The van der Waals surface area contributed by atoms with Crippen LogP contribution in [0.2, 0.25) is 0 Å². The fraction of sp³-hybridized carbons (Fsp3) is 0.333. The van der Waals surface area contributed by atoms with E-state index in [1.165, 1.54) is 0 Å². The third kappa shape index (κ3) is 2.52. The second-order valence-corrected chi connectivity index (χ2v) is 6.71. The highest BCUT2D eigenvalue weighted by Crippen LogP contribution is 2.35. The van der Waals surface area contributed by atoms with Crippen molar-refractivity contribution in [3.8, 4) is 0 Å². The number of likely N-dealkylation sites (tertiary alicyclic amines) is 1. The molecule has 2 aromatic rings. The summed E-state index contributed by atoms with van der Waals surface area (Å²) in [6.07, 6.45) is 2.04. The standard InChI is InChI=1S/C15H15BrN2OS/c1-10-9-20-14(17-10)13-7-4-8-18(13)15(19)11-5-2-3-6-12(11)16/h2-3,5-6,9,13H,4,7-8H2,1H3/t13-/m1/s1. The summed E-state index contributed by atoms with van der Waals surface area (Å²) >= 11 is 5.11. The first-order valence-electron chi connectivity index (χ1n) is 6.64. The fourth-order valence-corrected chi connectivity index (χ4v) is 3.98. The lowest BCUT2D eigenvalue weighted by molar-refractivity contribution is 0.0734. The number of thiazole rings is 1. The number of aromatic nitrogens is 1. The van der Waals surface area contributed by atoms with Crippen molar-refractivity contribution in [2.24, 2.45) is 0 Å². The molecule has 1 aromatic heterocycles. The lowest BCUT2D eigenvalue weighted by Gasteiger charge is -2.23. The quantitative estimate of drug-likeness (QED) is 0.813. The first-order valence-corrected chi connectivity index (χ1v) is 8.31. The van der Waals surface area contributed by atoms with E-state index in [0.717, 1.165) is 40.1 Å². The van der Waals surface area contributed by atoms with Crippen molar-refractivity contribution in [1.82, 2.24) is 9.88 Å². The van der Waals surface area contributed by atoms with E-state index in [0.29, 0.717) is 0 Å². The predicted molar refractivity (Wildman–Crippen MR) is 84.0 cm³/mol. The van der Waals surface area contributed by atoms with Crippen LogP contribution in [0.25, 0.3) is 0 Å². The van der Waals surface area contributed by atoms with Gasteiger partial charge in [0.25, 0.3) is 5.91 Å². The Morgan fingerprint density at radius 2 is 2.25 bits per heavy atom. The first-order chi connectivity index (χ1) is 9.66. The number of nitrogens with zero attached hydrogens (tertiary/aromatic N) is 2. The number of hydrogen-bond acceptors (Lipinski definition) is 3. The Morgan fingerprint density at radius 1 is 1.45 bits per heavy atom. The van der Waals surface area contributed by atoms with Gasteiger partial charge in [-0.3, -0.25) is 4.79 Å². The molecule has 0 aliphatic carbocycles. The van der Waals surface area contributed by atoms with Crippen LogP contribution in [0.15, 0.2) is 34.1 Å². The first kappa shape index (κ1) is 13.8. The molecular formula is C15H15BrN2OS. The van der Waals surface area contributed by atoms with Crippen LogP contribution in [0.5, 0.6) is 0 Å². The van der Waals surface area contributed by atoms with Crippen LogP contribution in [-0.4, -0.2) is 22.3 Å². The zero-order valence-corrected chi connectivity index (χ0v) is 13.6. The molecule has 1 fully saturated rings. The van der Waals surface area contributed by atoms with Crippen molar-refractivity contribution in [3.05, 3.63) is 50.4 Å². The summed E-state index contributed by atoms with van der Waals surface area (Å²) in [4.78, 5) is 19.2. The van der Waals surface area contributed by atoms with Crippen molar-refractivity contribution in [3.63, 3.8) is 0 Å². The maximum atomic E-state index is 12.7. The average Bonchev–Trinajstić information content (AvgIpc) is 3.06. The lowest BCUT2D eigenvalue weighted by atomic mass is 10.1. The lowest BCUT2D eigenvalue weighted by Crippen LogP contribution is -2.30. The Morgan fingerprint density at radius 3 is 2.95 bits per heavy atom. The van der Waals surface area contributed by atoms with Crippen molar-refractivity contribution in [1.29, 1.82) is 0 Å². The number of rotatable bonds is 2. The van der Waals surface area contributed by atoms with Gasteiger partial charge in [-0.05, 0) is 47.8 Å². The van der Waals surface area contributed by atoms with Gasteiger partial charge in [0.05, 0.1) is 11.6 Å². The molecule has 1 aliphatic rings. The largest absolute Gasteiger partial charge is 0.329 e. The van der Waals surface area contributed by atoms with E-state index in [4.69, 9.17) is 0 Å². The number of aryl methyl sites for hydroxylation is 1. The Bertz CT molecular complexity index is 640. The number of carbonyl (C=O) groups excluding carboxylic acids is 1. The number of carbonyl (C=O) groups is 1. The SMILES string of the molecule is Cc1csc([C@H]2CCCN2C(=O)c2ccccc2Br)n1. The van der Waals surface area contributed by atoms with Gasteiger partial charge < -0.3 is 4.90 Å². The Hall–Kier alpha value is -1.20. The normalized spacial score (nSPS) is 18.5. The van der Waals surface area contributed by atoms with Crippen LogP contribution in [0.4, 0.5) is 0 Å². The molecule has 104 valence electrons. The molecule has 5 heteroatoms. The van der Waals surface area contributed by atoms with Crippen molar-refractivity contribution in [2.75, 3.05) is 6.54 Å². The second-order valence-electron chi connectivity index (χ2n) is 4.96. The highest BCUT2D eigenvalue weighted by atomic mass is 79.9. The number of halogens is 1. The molecule has 20 heavy (non-hydrogen) atoms. The van der Waals surface area contributed by atoms with E-state index in [2.05, 4.69) is 26.3 Å². The maximum Gasteiger partial charge on any atom is 0.255 e. The average molecular weight is 351 g/mol. The van der Waals surface area contributed by atoms with Crippen LogP contribution in [0, 0.1) is 6.92 Å². The van der Waals surface area contributed by atoms with E-state index >= 15 is 0 Å². The Labute approximate surface area is 130 Å². The summed E-state index contributed by atoms with van der Waals surface area (Å²) in [5, 5.41) is 3.11. The van der Waals surface area contributed by atoms with Crippen molar-refractivity contribution in [2.45, 2.75) is 25.8 Å². The van der Waals surface area contributed by atoms with E-state index in [-0.39, 0.29) is 11.9 Å².